The summed E-state index contributed by atoms with van der Waals surface area (Å²) in [5, 5.41) is 34.7. The molecular formula is C13H7I2N5O. The number of nitriles is 2. The van der Waals surface area contributed by atoms with Crippen LogP contribution in [0.4, 0.5) is 5.82 Å². The van der Waals surface area contributed by atoms with E-state index in [9.17, 15) is 10.4 Å². The van der Waals surface area contributed by atoms with Crippen LogP contribution in [-0.2, 0) is 0 Å². The Balaban J connectivity index is 2.63. The second-order valence-electron chi connectivity index (χ2n) is 3.97. The van der Waals surface area contributed by atoms with Gasteiger partial charge in [-0.15, -0.1) is 0 Å². The van der Waals surface area contributed by atoms with Crippen LogP contribution in [0.1, 0.15) is 16.8 Å². The van der Waals surface area contributed by atoms with Crippen LogP contribution in [0, 0.1) is 29.8 Å². The van der Waals surface area contributed by atoms with Crippen molar-refractivity contribution >= 4 is 62.6 Å². The summed E-state index contributed by atoms with van der Waals surface area (Å²) in [6, 6.07) is 7.45. The first-order chi connectivity index (χ1) is 9.97. The molecule has 0 aliphatic heterocycles. The number of aromatic nitrogens is 2. The van der Waals surface area contributed by atoms with Crippen LogP contribution >= 0.6 is 45.2 Å². The van der Waals surface area contributed by atoms with Crippen molar-refractivity contribution in [2.75, 3.05) is 5.73 Å². The van der Waals surface area contributed by atoms with Crippen molar-refractivity contribution in [2.45, 2.75) is 0 Å². The molecule has 1 aromatic heterocycles. The Morgan fingerprint density at radius 2 is 2.10 bits per heavy atom. The van der Waals surface area contributed by atoms with Crippen LogP contribution in [0.2, 0.25) is 0 Å². The van der Waals surface area contributed by atoms with Crippen LogP contribution < -0.4 is 5.73 Å². The number of aromatic amines is 1. The van der Waals surface area contributed by atoms with Crippen LogP contribution in [-0.4, -0.2) is 15.3 Å². The molecule has 0 unspecified atom stereocenters. The maximum Gasteiger partial charge on any atom is 0.163 e. The molecule has 4 N–H and O–H groups in total. The highest BCUT2D eigenvalue weighted by atomic mass is 127. The smallest absolute Gasteiger partial charge is 0.163 e. The molecule has 2 aromatic rings. The van der Waals surface area contributed by atoms with Gasteiger partial charge in [0.05, 0.1) is 14.8 Å². The molecule has 21 heavy (non-hydrogen) atoms. The Morgan fingerprint density at radius 3 is 2.71 bits per heavy atom. The van der Waals surface area contributed by atoms with Crippen molar-refractivity contribution in [1.29, 1.82) is 10.5 Å². The molecule has 0 bridgehead atoms. The first-order valence-electron chi connectivity index (χ1n) is 5.52. The molecule has 0 atom stereocenters. The second-order valence-corrected chi connectivity index (χ2v) is 6.37. The van der Waals surface area contributed by atoms with Gasteiger partial charge in [-0.3, -0.25) is 5.10 Å². The monoisotopic (exact) mass is 503 g/mol. The number of allylic oxidation sites excluding steroid dienone is 1. The number of phenols is 1. The Morgan fingerprint density at radius 1 is 1.38 bits per heavy atom. The summed E-state index contributed by atoms with van der Waals surface area (Å²) in [5.41, 5.74) is 6.57. The minimum absolute atomic E-state index is 0.0371. The number of nitrogens with zero attached hydrogens (tertiary/aromatic N) is 3. The summed E-state index contributed by atoms with van der Waals surface area (Å²) in [6.07, 6.45) is 1.49. The zero-order valence-corrected chi connectivity index (χ0v) is 14.7. The van der Waals surface area contributed by atoms with E-state index in [1.54, 1.807) is 6.07 Å². The molecule has 0 saturated heterocycles. The molecule has 8 heteroatoms. The van der Waals surface area contributed by atoms with E-state index in [1.165, 1.54) is 6.08 Å². The maximum absolute atomic E-state index is 10.1. The predicted octanol–water partition coefficient (Wildman–Crippen LogP) is 2.84. The summed E-state index contributed by atoms with van der Waals surface area (Å²) in [4.78, 5) is 0. The highest BCUT2D eigenvalue weighted by Crippen LogP contribution is 2.31. The fourth-order valence-corrected chi connectivity index (χ4v) is 3.57. The number of rotatable bonds is 2. The van der Waals surface area contributed by atoms with Gasteiger partial charge in [0.15, 0.2) is 5.82 Å². The zero-order chi connectivity index (χ0) is 15.6. The van der Waals surface area contributed by atoms with Crippen LogP contribution in [0.5, 0.6) is 5.75 Å². The number of anilines is 1. The molecule has 1 aromatic carbocycles. The van der Waals surface area contributed by atoms with Crippen LogP contribution in [0.25, 0.3) is 11.6 Å². The van der Waals surface area contributed by atoms with Gasteiger partial charge >= 0.3 is 0 Å². The van der Waals surface area contributed by atoms with Gasteiger partial charge in [0, 0.05) is 9.13 Å². The molecule has 0 aliphatic carbocycles. The fraction of sp³-hybridized carbons (Fsp3) is 0. The molecule has 2 rings (SSSR count). The van der Waals surface area contributed by atoms with Crippen molar-refractivity contribution in [3.05, 3.63) is 36.1 Å². The van der Waals surface area contributed by atoms with E-state index in [2.05, 4.69) is 32.8 Å². The van der Waals surface area contributed by atoms with E-state index >= 15 is 0 Å². The first-order valence-corrected chi connectivity index (χ1v) is 7.67. The average molecular weight is 503 g/mol. The average Bonchev–Trinajstić information content (AvgIpc) is 2.82. The molecule has 0 spiro atoms. The number of H-pyrrole nitrogens is 1. The van der Waals surface area contributed by atoms with Gasteiger partial charge in [-0.2, -0.15) is 15.6 Å². The van der Waals surface area contributed by atoms with Crippen molar-refractivity contribution < 1.29 is 5.11 Å². The van der Waals surface area contributed by atoms with E-state index in [0.717, 1.165) is 3.57 Å². The van der Waals surface area contributed by atoms with Crippen LogP contribution in [0.3, 0.4) is 0 Å². The van der Waals surface area contributed by atoms with E-state index in [4.69, 9.17) is 11.0 Å². The summed E-state index contributed by atoms with van der Waals surface area (Å²) in [7, 11) is 0. The maximum atomic E-state index is 10.1. The van der Waals surface area contributed by atoms with Crippen molar-refractivity contribution in [2.24, 2.45) is 0 Å². The SMILES string of the molecule is N#C/C(=C\c1cc(I)cc(I)c1O)c1[nH]nc(N)c1C#N. The van der Waals surface area contributed by atoms with Crippen molar-refractivity contribution in [1.82, 2.24) is 10.2 Å². The highest BCUT2D eigenvalue weighted by molar-refractivity contribution is 14.1. The first kappa shape index (κ1) is 15.6. The van der Waals surface area contributed by atoms with Gasteiger partial charge in [0.2, 0.25) is 0 Å². The van der Waals surface area contributed by atoms with E-state index < -0.39 is 0 Å². The highest BCUT2D eigenvalue weighted by Gasteiger charge is 2.15. The van der Waals surface area contributed by atoms with E-state index in [1.807, 2.05) is 40.8 Å². The van der Waals surface area contributed by atoms with Gasteiger partial charge in [0.25, 0.3) is 0 Å². The molecule has 6 nitrogen and oxygen atoms in total. The summed E-state index contributed by atoms with van der Waals surface area (Å²) >= 11 is 4.13. The molecule has 104 valence electrons. The third-order valence-electron chi connectivity index (χ3n) is 2.65. The van der Waals surface area contributed by atoms with Crippen molar-refractivity contribution in [3.63, 3.8) is 0 Å². The lowest BCUT2D eigenvalue weighted by Crippen LogP contribution is -1.90. The lowest BCUT2D eigenvalue weighted by atomic mass is 10.1. The minimum Gasteiger partial charge on any atom is -0.506 e. The number of phenolic OH excluding ortho intramolecular Hbond substituents is 1. The fourth-order valence-electron chi connectivity index (χ4n) is 1.68. The summed E-state index contributed by atoms with van der Waals surface area (Å²) in [5.74, 6) is 0.116. The Hall–Kier alpha value is -1.79. The number of benzene rings is 1. The lowest BCUT2D eigenvalue weighted by molar-refractivity contribution is 0.470. The lowest BCUT2D eigenvalue weighted by Gasteiger charge is -2.04. The van der Waals surface area contributed by atoms with E-state index in [0.29, 0.717) is 9.13 Å². The predicted molar refractivity (Wildman–Crippen MR) is 94.7 cm³/mol. The number of aromatic hydroxyl groups is 1. The van der Waals surface area contributed by atoms with Crippen molar-refractivity contribution in [3.8, 4) is 17.9 Å². The topological polar surface area (TPSA) is 123 Å². The summed E-state index contributed by atoms with van der Waals surface area (Å²) < 4.78 is 1.59. The number of hydrogen-bond donors (Lipinski definition) is 3. The molecule has 0 saturated carbocycles. The quantitative estimate of drug-likeness (QED) is 0.430. The molecular weight excluding hydrogens is 496 g/mol. The number of hydrogen-bond acceptors (Lipinski definition) is 5. The normalized spacial score (nSPS) is 11.0. The molecule has 0 amide bonds. The molecule has 1 heterocycles. The summed E-state index contributed by atoms with van der Waals surface area (Å²) in [6.45, 7) is 0. The number of nitrogens with two attached hydrogens (primary N) is 1. The Kier molecular flexibility index (Phi) is 4.69. The largest absolute Gasteiger partial charge is 0.506 e. The number of nitrogens with one attached hydrogen (secondary N) is 1. The third kappa shape index (κ3) is 3.11. The van der Waals surface area contributed by atoms with Crippen LogP contribution in [0.15, 0.2) is 12.1 Å². The van der Waals surface area contributed by atoms with Gasteiger partial charge in [-0.25, -0.2) is 0 Å². The third-order valence-corrected chi connectivity index (χ3v) is 4.10. The second kappa shape index (κ2) is 6.32. The number of nitrogen functional groups attached to an aromatic ring is 1. The van der Waals surface area contributed by atoms with Gasteiger partial charge in [-0.05, 0) is 63.4 Å². The van der Waals surface area contributed by atoms with Gasteiger partial charge in [0.1, 0.15) is 23.5 Å². The van der Waals surface area contributed by atoms with E-state index in [-0.39, 0.29) is 28.4 Å². The zero-order valence-electron chi connectivity index (χ0n) is 10.4. The standard InChI is InChI=1S/C13H7I2N5O/c14-8-2-6(12(21)10(15)3-8)1-7(4-16)11-9(5-17)13(18)20-19-11/h1-3,21H,(H3,18,19,20)/b7-1+. The van der Waals surface area contributed by atoms with Gasteiger partial charge < -0.3 is 10.8 Å². The Labute approximate surface area is 147 Å². The van der Waals surface area contributed by atoms with Gasteiger partial charge in [-0.1, -0.05) is 0 Å². The Bertz CT molecular complexity index is 826. The number of halogens is 2. The molecule has 0 fully saturated rings. The molecule has 0 aliphatic rings. The minimum atomic E-state index is 0.0371. The molecule has 0 radical (unpaired) electrons.